The molecule has 2 aromatic rings. The number of nitrogens with one attached hydrogen (secondary N) is 1. The van der Waals surface area contributed by atoms with Gasteiger partial charge in [0.05, 0.1) is 17.2 Å². The fourth-order valence-electron chi connectivity index (χ4n) is 3.28. The van der Waals surface area contributed by atoms with E-state index in [0.29, 0.717) is 6.61 Å². The van der Waals surface area contributed by atoms with Crippen LogP contribution in [0.5, 0.6) is 5.75 Å². The molecule has 6 nitrogen and oxygen atoms in total. The predicted molar refractivity (Wildman–Crippen MR) is 124 cm³/mol. The fraction of sp³-hybridized carbons (Fsp3) is 0.292. The average Bonchev–Trinajstić information content (AvgIpc) is 2.99. The molecule has 1 heterocycles. The van der Waals surface area contributed by atoms with Gasteiger partial charge in [0.25, 0.3) is 11.1 Å². The number of imide groups is 1. The molecule has 32 heavy (non-hydrogen) atoms. The fourth-order valence-corrected chi connectivity index (χ4v) is 4.11. The van der Waals surface area contributed by atoms with Crippen molar-refractivity contribution in [3.05, 3.63) is 63.8 Å². The summed E-state index contributed by atoms with van der Waals surface area (Å²) in [6.07, 6.45) is 1.66. The number of hydrogen-bond donors (Lipinski definition) is 1. The van der Waals surface area contributed by atoms with E-state index in [1.54, 1.807) is 12.1 Å². The molecule has 0 aromatic heterocycles. The van der Waals surface area contributed by atoms with Crippen LogP contribution in [0.15, 0.2) is 41.3 Å². The number of para-hydroxylation sites is 1. The second-order valence-corrected chi connectivity index (χ2v) is 8.62. The SMILES string of the molecule is CCOc1cc(C)c(/C=C2\SC(=O)N(CC(=O)Nc3ccccc3F)C2=O)cc1C(C)C. The molecule has 8 heteroatoms. The molecule has 3 rings (SSSR count). The molecule has 0 aliphatic carbocycles. The first-order chi connectivity index (χ1) is 15.2. The Morgan fingerprint density at radius 1 is 1.25 bits per heavy atom. The summed E-state index contributed by atoms with van der Waals surface area (Å²) in [7, 11) is 0. The Hall–Kier alpha value is -3.13. The highest BCUT2D eigenvalue weighted by atomic mass is 32.2. The van der Waals surface area contributed by atoms with Crippen molar-refractivity contribution < 1.29 is 23.5 Å². The summed E-state index contributed by atoms with van der Waals surface area (Å²) in [5.74, 6) is -0.792. The van der Waals surface area contributed by atoms with E-state index < -0.39 is 29.4 Å². The van der Waals surface area contributed by atoms with Crippen LogP contribution in [0.3, 0.4) is 0 Å². The summed E-state index contributed by atoms with van der Waals surface area (Å²) >= 11 is 0.779. The highest BCUT2D eigenvalue weighted by molar-refractivity contribution is 8.18. The lowest BCUT2D eigenvalue weighted by atomic mass is 9.96. The van der Waals surface area contributed by atoms with E-state index in [9.17, 15) is 18.8 Å². The highest BCUT2D eigenvalue weighted by Crippen LogP contribution is 2.35. The first-order valence-electron chi connectivity index (χ1n) is 10.3. The van der Waals surface area contributed by atoms with Crippen LogP contribution >= 0.6 is 11.8 Å². The minimum Gasteiger partial charge on any atom is -0.494 e. The minimum atomic E-state index is -0.655. The van der Waals surface area contributed by atoms with Gasteiger partial charge in [0, 0.05) is 0 Å². The molecule has 2 aromatic carbocycles. The molecule has 1 fully saturated rings. The largest absolute Gasteiger partial charge is 0.494 e. The third kappa shape index (κ3) is 5.19. The number of benzene rings is 2. The summed E-state index contributed by atoms with van der Waals surface area (Å²) in [6.45, 7) is 8.00. The molecular formula is C24H25FN2O4S. The Morgan fingerprint density at radius 2 is 1.97 bits per heavy atom. The highest BCUT2D eigenvalue weighted by Gasteiger charge is 2.36. The molecule has 0 unspecified atom stereocenters. The van der Waals surface area contributed by atoms with E-state index in [1.807, 2.05) is 26.0 Å². The van der Waals surface area contributed by atoms with Crippen LogP contribution in [0.4, 0.5) is 14.9 Å². The van der Waals surface area contributed by atoms with Gasteiger partial charge in [0.15, 0.2) is 0 Å². The molecule has 0 bridgehead atoms. The van der Waals surface area contributed by atoms with Gasteiger partial charge in [-0.2, -0.15) is 0 Å². The molecule has 3 amide bonds. The second kappa shape index (κ2) is 9.99. The van der Waals surface area contributed by atoms with E-state index >= 15 is 0 Å². The van der Waals surface area contributed by atoms with Crippen LogP contribution in [0.2, 0.25) is 0 Å². The molecule has 1 N–H and O–H groups in total. The van der Waals surface area contributed by atoms with Crippen LogP contribution in [0.1, 0.15) is 43.4 Å². The lowest BCUT2D eigenvalue weighted by molar-refractivity contribution is -0.127. The molecule has 0 saturated carbocycles. The third-order valence-electron chi connectivity index (χ3n) is 4.93. The van der Waals surface area contributed by atoms with E-state index in [0.717, 1.165) is 39.1 Å². The van der Waals surface area contributed by atoms with Crippen LogP contribution in [-0.4, -0.2) is 35.1 Å². The molecule has 1 saturated heterocycles. The number of hydrogen-bond acceptors (Lipinski definition) is 5. The maximum Gasteiger partial charge on any atom is 0.294 e. The lowest BCUT2D eigenvalue weighted by Crippen LogP contribution is -2.36. The van der Waals surface area contributed by atoms with Crippen molar-refractivity contribution in [2.75, 3.05) is 18.5 Å². The first kappa shape index (κ1) is 23.5. The van der Waals surface area contributed by atoms with E-state index in [-0.39, 0.29) is 16.5 Å². The van der Waals surface area contributed by atoms with E-state index in [1.165, 1.54) is 18.2 Å². The maximum atomic E-state index is 13.7. The van der Waals surface area contributed by atoms with Crippen molar-refractivity contribution in [3.63, 3.8) is 0 Å². The Labute approximate surface area is 190 Å². The van der Waals surface area contributed by atoms with Crippen molar-refractivity contribution >= 4 is 40.6 Å². The Balaban J connectivity index is 1.80. The average molecular weight is 457 g/mol. The lowest BCUT2D eigenvalue weighted by Gasteiger charge is -2.16. The minimum absolute atomic E-state index is 0.00811. The van der Waals surface area contributed by atoms with Gasteiger partial charge in [0.1, 0.15) is 18.1 Å². The number of halogens is 1. The normalized spacial score (nSPS) is 15.1. The first-order valence-corrected chi connectivity index (χ1v) is 11.1. The van der Waals surface area contributed by atoms with Gasteiger partial charge in [0.2, 0.25) is 5.91 Å². The molecule has 0 spiro atoms. The summed E-state index contributed by atoms with van der Waals surface area (Å²) in [6, 6.07) is 9.58. The van der Waals surface area contributed by atoms with E-state index in [4.69, 9.17) is 4.74 Å². The standard InChI is InChI=1S/C24H25FN2O4S/c1-5-31-20-10-15(4)16(11-17(20)14(2)3)12-21-23(29)27(24(30)32-21)13-22(28)26-19-9-7-6-8-18(19)25/h6-12,14H,5,13H2,1-4H3,(H,26,28)/b21-12-. The predicted octanol–water partition coefficient (Wildman–Crippen LogP) is 5.33. The molecule has 1 aliphatic rings. The zero-order valence-corrected chi connectivity index (χ0v) is 19.2. The zero-order chi connectivity index (χ0) is 23.4. The Morgan fingerprint density at radius 3 is 2.62 bits per heavy atom. The number of carbonyl (C=O) groups is 3. The quantitative estimate of drug-likeness (QED) is 0.570. The molecule has 0 radical (unpaired) electrons. The van der Waals surface area contributed by atoms with Gasteiger partial charge in [-0.05, 0) is 78.6 Å². The van der Waals surface area contributed by atoms with Gasteiger partial charge in [-0.15, -0.1) is 0 Å². The maximum absolute atomic E-state index is 13.7. The molecular weight excluding hydrogens is 431 g/mol. The monoisotopic (exact) mass is 456 g/mol. The van der Waals surface area contributed by atoms with Gasteiger partial charge in [-0.3, -0.25) is 19.3 Å². The topological polar surface area (TPSA) is 75.7 Å². The van der Waals surface area contributed by atoms with Crippen molar-refractivity contribution in [1.29, 1.82) is 0 Å². The Bertz CT molecular complexity index is 1100. The van der Waals surface area contributed by atoms with Crippen molar-refractivity contribution in [1.82, 2.24) is 4.90 Å². The number of nitrogens with zero attached hydrogens (tertiary/aromatic N) is 1. The second-order valence-electron chi connectivity index (χ2n) is 7.63. The van der Waals surface area contributed by atoms with Gasteiger partial charge in [-0.25, -0.2) is 4.39 Å². The number of anilines is 1. The van der Waals surface area contributed by atoms with Crippen LogP contribution in [-0.2, 0) is 9.59 Å². The zero-order valence-electron chi connectivity index (χ0n) is 18.4. The number of carbonyl (C=O) groups excluding carboxylic acids is 3. The van der Waals surface area contributed by atoms with Gasteiger partial charge < -0.3 is 10.1 Å². The number of aryl methyl sites for hydroxylation is 1. The number of rotatable bonds is 7. The van der Waals surface area contributed by atoms with Crippen LogP contribution in [0.25, 0.3) is 6.08 Å². The number of ether oxygens (including phenoxy) is 1. The summed E-state index contributed by atoms with van der Waals surface area (Å²) in [4.78, 5) is 38.6. The smallest absolute Gasteiger partial charge is 0.294 e. The summed E-state index contributed by atoms with van der Waals surface area (Å²) in [5.41, 5.74) is 2.71. The van der Waals surface area contributed by atoms with Crippen molar-refractivity contribution in [2.45, 2.75) is 33.6 Å². The van der Waals surface area contributed by atoms with Crippen LogP contribution < -0.4 is 10.1 Å². The summed E-state index contributed by atoms with van der Waals surface area (Å²) in [5, 5.41) is 1.84. The number of amides is 3. The molecule has 0 atom stereocenters. The van der Waals surface area contributed by atoms with Crippen molar-refractivity contribution in [3.8, 4) is 5.75 Å². The van der Waals surface area contributed by atoms with Crippen LogP contribution in [0, 0.1) is 12.7 Å². The molecule has 1 aliphatic heterocycles. The number of thioether (sulfide) groups is 1. The third-order valence-corrected chi connectivity index (χ3v) is 5.84. The Kier molecular flexibility index (Phi) is 7.35. The van der Waals surface area contributed by atoms with Crippen molar-refractivity contribution in [2.24, 2.45) is 0 Å². The summed E-state index contributed by atoms with van der Waals surface area (Å²) < 4.78 is 19.5. The molecule has 168 valence electrons. The van der Waals surface area contributed by atoms with E-state index in [2.05, 4.69) is 19.2 Å². The van der Waals surface area contributed by atoms with Gasteiger partial charge >= 0.3 is 0 Å². The van der Waals surface area contributed by atoms with Gasteiger partial charge in [-0.1, -0.05) is 26.0 Å².